The van der Waals surface area contributed by atoms with Crippen LogP contribution in [0, 0.1) is 0 Å². The molecule has 1 amide bonds. The fourth-order valence-electron chi connectivity index (χ4n) is 1.82. The molecule has 0 saturated carbocycles. The molecular weight excluding hydrogens is 324 g/mol. The standard InChI is InChI=1S/C15H15ClN2O3S/c1-17-22(20,21)13-8-6-11(7-9-13)15(19)18-10-12-4-2-3-5-14(12)16/h2-9,17H,10H2,1H3,(H,18,19). The van der Waals surface area contributed by atoms with E-state index in [2.05, 4.69) is 10.0 Å². The summed E-state index contributed by atoms with van der Waals surface area (Å²) in [5.41, 5.74) is 1.19. The van der Waals surface area contributed by atoms with Crippen molar-refractivity contribution in [1.82, 2.24) is 10.0 Å². The molecule has 0 aliphatic rings. The van der Waals surface area contributed by atoms with Crippen LogP contribution in [0.25, 0.3) is 0 Å². The topological polar surface area (TPSA) is 75.3 Å². The molecular formula is C15H15ClN2O3S. The van der Waals surface area contributed by atoms with Crippen molar-refractivity contribution in [2.24, 2.45) is 0 Å². The Kier molecular flexibility index (Phi) is 5.18. The second-order valence-electron chi connectivity index (χ2n) is 4.51. The van der Waals surface area contributed by atoms with Crippen molar-refractivity contribution in [2.45, 2.75) is 11.4 Å². The highest BCUT2D eigenvalue weighted by molar-refractivity contribution is 7.89. The zero-order valence-electron chi connectivity index (χ0n) is 11.8. The largest absolute Gasteiger partial charge is 0.348 e. The molecule has 0 aromatic heterocycles. The lowest BCUT2D eigenvalue weighted by molar-refractivity contribution is 0.0951. The van der Waals surface area contributed by atoms with E-state index in [1.54, 1.807) is 6.07 Å². The van der Waals surface area contributed by atoms with Crippen LogP contribution in [0.4, 0.5) is 0 Å². The molecule has 0 aliphatic heterocycles. The Morgan fingerprint density at radius 2 is 1.73 bits per heavy atom. The smallest absolute Gasteiger partial charge is 0.251 e. The quantitative estimate of drug-likeness (QED) is 0.877. The number of hydrogen-bond donors (Lipinski definition) is 2. The molecule has 22 heavy (non-hydrogen) atoms. The van der Waals surface area contributed by atoms with Gasteiger partial charge in [-0.2, -0.15) is 0 Å². The normalized spacial score (nSPS) is 11.2. The molecule has 2 aromatic carbocycles. The maximum Gasteiger partial charge on any atom is 0.251 e. The molecule has 2 rings (SSSR count). The molecule has 0 aliphatic carbocycles. The minimum Gasteiger partial charge on any atom is -0.348 e. The second kappa shape index (κ2) is 6.91. The monoisotopic (exact) mass is 338 g/mol. The first-order chi connectivity index (χ1) is 10.4. The van der Waals surface area contributed by atoms with Gasteiger partial charge >= 0.3 is 0 Å². The first-order valence-electron chi connectivity index (χ1n) is 6.49. The molecule has 0 fully saturated rings. The van der Waals surface area contributed by atoms with Crippen molar-refractivity contribution in [1.29, 1.82) is 0 Å². The van der Waals surface area contributed by atoms with Crippen LogP contribution in [0.15, 0.2) is 53.4 Å². The molecule has 2 aromatic rings. The van der Waals surface area contributed by atoms with E-state index in [0.29, 0.717) is 17.1 Å². The van der Waals surface area contributed by atoms with E-state index in [-0.39, 0.29) is 10.8 Å². The number of sulfonamides is 1. The summed E-state index contributed by atoms with van der Waals surface area (Å²) in [6.07, 6.45) is 0. The van der Waals surface area contributed by atoms with Gasteiger partial charge in [0.05, 0.1) is 4.90 Å². The van der Waals surface area contributed by atoms with Crippen LogP contribution >= 0.6 is 11.6 Å². The summed E-state index contributed by atoms with van der Waals surface area (Å²) in [6.45, 7) is 0.301. The predicted molar refractivity (Wildman–Crippen MR) is 85.3 cm³/mol. The number of nitrogens with one attached hydrogen (secondary N) is 2. The molecule has 116 valence electrons. The lowest BCUT2D eigenvalue weighted by atomic mass is 10.2. The second-order valence-corrected chi connectivity index (χ2v) is 6.80. The number of amides is 1. The Morgan fingerprint density at radius 1 is 1.09 bits per heavy atom. The van der Waals surface area contributed by atoms with Crippen molar-refractivity contribution >= 4 is 27.5 Å². The zero-order valence-corrected chi connectivity index (χ0v) is 13.4. The molecule has 0 atom stereocenters. The van der Waals surface area contributed by atoms with E-state index >= 15 is 0 Å². The maximum absolute atomic E-state index is 12.0. The van der Waals surface area contributed by atoms with Gasteiger partial charge in [-0.25, -0.2) is 13.1 Å². The van der Waals surface area contributed by atoms with Crippen LogP contribution in [-0.4, -0.2) is 21.4 Å². The third-order valence-corrected chi connectivity index (χ3v) is 4.89. The highest BCUT2D eigenvalue weighted by Gasteiger charge is 2.12. The molecule has 0 unspecified atom stereocenters. The molecule has 0 heterocycles. The van der Waals surface area contributed by atoms with Crippen molar-refractivity contribution in [3.63, 3.8) is 0 Å². The van der Waals surface area contributed by atoms with Crippen molar-refractivity contribution in [2.75, 3.05) is 7.05 Å². The van der Waals surface area contributed by atoms with E-state index in [1.807, 2.05) is 18.2 Å². The fourth-order valence-corrected chi connectivity index (χ4v) is 2.76. The van der Waals surface area contributed by atoms with Crippen molar-refractivity contribution in [3.05, 3.63) is 64.7 Å². The van der Waals surface area contributed by atoms with Gasteiger partial charge in [-0.1, -0.05) is 29.8 Å². The summed E-state index contributed by atoms with van der Waals surface area (Å²) < 4.78 is 25.4. The number of carbonyl (C=O) groups is 1. The Morgan fingerprint density at radius 3 is 2.32 bits per heavy atom. The lowest BCUT2D eigenvalue weighted by Gasteiger charge is -2.08. The summed E-state index contributed by atoms with van der Waals surface area (Å²) in [4.78, 5) is 12.1. The van der Waals surface area contributed by atoms with E-state index in [1.165, 1.54) is 31.3 Å². The first kappa shape index (κ1) is 16.5. The number of benzene rings is 2. The molecule has 5 nitrogen and oxygen atoms in total. The van der Waals surface area contributed by atoms with Crippen LogP contribution in [0.2, 0.25) is 5.02 Å². The van der Waals surface area contributed by atoms with Crippen molar-refractivity contribution in [3.8, 4) is 0 Å². The third-order valence-electron chi connectivity index (χ3n) is 3.09. The highest BCUT2D eigenvalue weighted by Crippen LogP contribution is 2.15. The van der Waals surface area contributed by atoms with Gasteiger partial charge in [0.25, 0.3) is 5.91 Å². The average molecular weight is 339 g/mol. The summed E-state index contributed by atoms with van der Waals surface area (Å²) >= 11 is 6.02. The molecule has 0 saturated heterocycles. The number of rotatable bonds is 5. The molecule has 2 N–H and O–H groups in total. The molecule has 7 heteroatoms. The number of halogens is 1. The SMILES string of the molecule is CNS(=O)(=O)c1ccc(C(=O)NCc2ccccc2Cl)cc1. The molecule has 0 spiro atoms. The van der Waals surface area contributed by atoms with E-state index in [4.69, 9.17) is 11.6 Å². The van der Waals surface area contributed by atoms with Gasteiger partial charge in [-0.15, -0.1) is 0 Å². The molecule has 0 bridgehead atoms. The fraction of sp³-hybridized carbons (Fsp3) is 0.133. The Balaban J connectivity index is 2.06. The van der Waals surface area contributed by atoms with Gasteiger partial charge in [-0.3, -0.25) is 4.79 Å². The number of hydrogen-bond acceptors (Lipinski definition) is 3. The highest BCUT2D eigenvalue weighted by atomic mass is 35.5. The Bertz CT molecular complexity index is 774. The average Bonchev–Trinajstić information content (AvgIpc) is 2.54. The van der Waals surface area contributed by atoms with Gasteiger partial charge in [0.15, 0.2) is 0 Å². The van der Waals surface area contributed by atoms with Gasteiger partial charge in [0.2, 0.25) is 10.0 Å². The summed E-state index contributed by atoms with van der Waals surface area (Å²) in [5, 5.41) is 3.32. The summed E-state index contributed by atoms with van der Waals surface area (Å²) in [7, 11) is -2.17. The Labute approximate surface area is 134 Å². The van der Waals surface area contributed by atoms with E-state index in [0.717, 1.165) is 5.56 Å². The number of carbonyl (C=O) groups excluding carboxylic acids is 1. The predicted octanol–water partition coefficient (Wildman–Crippen LogP) is 2.18. The third kappa shape index (κ3) is 3.85. The van der Waals surface area contributed by atoms with Crippen LogP contribution in [0.3, 0.4) is 0 Å². The first-order valence-corrected chi connectivity index (χ1v) is 8.35. The van der Waals surface area contributed by atoms with Gasteiger partial charge in [0.1, 0.15) is 0 Å². The molecule has 0 radical (unpaired) electrons. The van der Waals surface area contributed by atoms with Gasteiger partial charge < -0.3 is 5.32 Å². The minimum absolute atomic E-state index is 0.109. The van der Waals surface area contributed by atoms with Crippen molar-refractivity contribution < 1.29 is 13.2 Å². The van der Waals surface area contributed by atoms with Gasteiger partial charge in [-0.05, 0) is 42.9 Å². The van der Waals surface area contributed by atoms with E-state index in [9.17, 15) is 13.2 Å². The maximum atomic E-state index is 12.0. The van der Waals surface area contributed by atoms with Crippen LogP contribution in [-0.2, 0) is 16.6 Å². The van der Waals surface area contributed by atoms with Crippen LogP contribution in [0.1, 0.15) is 15.9 Å². The minimum atomic E-state index is -3.50. The van der Waals surface area contributed by atoms with E-state index < -0.39 is 10.0 Å². The zero-order chi connectivity index (χ0) is 16.2. The van der Waals surface area contributed by atoms with Gasteiger partial charge in [0, 0.05) is 17.1 Å². The lowest BCUT2D eigenvalue weighted by Crippen LogP contribution is -2.23. The van der Waals surface area contributed by atoms with Crippen LogP contribution in [0.5, 0.6) is 0 Å². The Hall–Kier alpha value is -1.89. The summed E-state index contributed by atoms with van der Waals surface area (Å²) in [5.74, 6) is -0.298. The summed E-state index contributed by atoms with van der Waals surface area (Å²) in [6, 6.07) is 12.9. The van der Waals surface area contributed by atoms with Crippen LogP contribution < -0.4 is 10.0 Å².